The number of carbonyl (C=O) groups excluding carboxylic acids is 4. The van der Waals surface area contributed by atoms with Crippen molar-refractivity contribution in [2.24, 2.45) is 0 Å². The van der Waals surface area contributed by atoms with Crippen LogP contribution in [-0.4, -0.2) is 102 Å². The molecule has 2 aromatic carbocycles. The van der Waals surface area contributed by atoms with E-state index >= 15 is 8.78 Å². The fourth-order valence-electron chi connectivity index (χ4n) is 5.52. The van der Waals surface area contributed by atoms with Gasteiger partial charge in [-0.2, -0.15) is 8.78 Å². The van der Waals surface area contributed by atoms with E-state index in [4.69, 9.17) is 11.6 Å². The van der Waals surface area contributed by atoms with Crippen molar-refractivity contribution in [2.45, 2.75) is 33.7 Å². The predicted octanol–water partition coefficient (Wildman–Crippen LogP) is -5.41. The molecule has 0 saturated carbocycles. The molecule has 2 heterocycles. The Morgan fingerprint density at radius 3 is 2.08 bits per heavy atom. The Morgan fingerprint density at radius 1 is 0.950 bits per heavy atom. The minimum absolute atomic E-state index is 0.0777. The van der Waals surface area contributed by atoms with E-state index in [1.165, 1.54) is 25.0 Å². The van der Waals surface area contributed by atoms with Gasteiger partial charge < -0.3 is 9.71 Å². The van der Waals surface area contributed by atoms with Crippen molar-refractivity contribution in [3.8, 4) is 0 Å². The Labute approximate surface area is 244 Å². The van der Waals surface area contributed by atoms with E-state index in [0.717, 1.165) is 16.9 Å². The molecule has 0 radical (unpaired) electrons. The van der Waals surface area contributed by atoms with Crippen LogP contribution in [0.4, 0.5) is 8.78 Å². The molecule has 2 aliphatic heterocycles. The topological polar surface area (TPSA) is 86.8 Å². The maximum atomic E-state index is 15.2. The van der Waals surface area contributed by atoms with Crippen molar-refractivity contribution in [3.05, 3.63) is 69.7 Å². The average molecular weight is 556 g/mol. The Balaban J connectivity index is 1.67. The van der Waals surface area contributed by atoms with Gasteiger partial charge in [0.15, 0.2) is 0 Å². The van der Waals surface area contributed by atoms with Gasteiger partial charge in [-0.05, 0) is 39.9 Å². The highest BCUT2D eigenvalue weighted by Gasteiger charge is 2.64. The Morgan fingerprint density at radius 2 is 1.50 bits per heavy atom. The number of alkyl halides is 2. The average Bonchev–Trinajstić information content (AvgIpc) is 3.22. The van der Waals surface area contributed by atoms with Crippen LogP contribution in [0.5, 0.6) is 0 Å². The number of piperidine rings is 1. The molecule has 1 atom stereocenters. The van der Waals surface area contributed by atoms with E-state index in [9.17, 15) is 19.2 Å². The standard InChI is InChI=1S/C22H26B8ClF2N3O4/c23-19(24)15(38)34-16(39)20(25,22(19,28)29)35-8-9-7-11(3-6-13(9)14(35)37)21(26,27)36(30)17(40)18(32,33)10-1-4-12(31)5-2-10/h1-7H,8,23-30H2,(H,34,38,39)/t20-/m1/s1. The molecule has 0 aliphatic carbocycles. The lowest BCUT2D eigenvalue weighted by atomic mass is 9.21. The first-order valence-electron chi connectivity index (χ1n) is 13.0. The molecule has 2 aromatic rings. The van der Waals surface area contributed by atoms with E-state index in [0.29, 0.717) is 16.7 Å². The summed E-state index contributed by atoms with van der Waals surface area (Å²) in [5.74, 6) is -6.51. The minimum atomic E-state index is -3.79. The molecule has 198 valence electrons. The number of benzene rings is 2. The zero-order valence-corrected chi connectivity index (χ0v) is 24.7. The van der Waals surface area contributed by atoms with Crippen LogP contribution in [0.2, 0.25) is 15.5 Å². The third kappa shape index (κ3) is 4.10. The number of fused-ring (bicyclic) bond motifs is 1. The summed E-state index contributed by atoms with van der Waals surface area (Å²) in [4.78, 5) is 55.1. The number of nitrogens with one attached hydrogen (secondary N) is 1. The van der Waals surface area contributed by atoms with Crippen LogP contribution in [-0.2, 0) is 32.2 Å². The Kier molecular flexibility index (Phi) is 7.06. The van der Waals surface area contributed by atoms with Crippen LogP contribution in [0, 0.1) is 0 Å². The van der Waals surface area contributed by atoms with Gasteiger partial charge >= 0.3 is 5.92 Å². The lowest BCUT2D eigenvalue weighted by Gasteiger charge is -2.59. The molecule has 2 aliphatic rings. The van der Waals surface area contributed by atoms with Crippen molar-refractivity contribution in [1.82, 2.24) is 15.0 Å². The summed E-state index contributed by atoms with van der Waals surface area (Å²) in [5.41, 5.74) is -0.316. The van der Waals surface area contributed by atoms with Crippen molar-refractivity contribution in [2.75, 3.05) is 0 Å². The zero-order valence-electron chi connectivity index (χ0n) is 23.9. The lowest BCUT2D eigenvalue weighted by molar-refractivity contribution is -0.155. The second-order valence-electron chi connectivity index (χ2n) is 12.4. The summed E-state index contributed by atoms with van der Waals surface area (Å²) in [6.07, 6.45) is 0. The smallest absolute Gasteiger partial charge is 0.348 e. The highest BCUT2D eigenvalue weighted by Crippen LogP contribution is 2.55. The SMILES string of the molecule is BN(C(=O)C(F)(F)c1ccc(Cl)cc1)C(B)(B)c1ccc2c(c1)CN([C@]1(B)C(=O)NC(=O)C(B)(B)C1(B)B)C2=O. The number of rotatable bonds is 5. The summed E-state index contributed by atoms with van der Waals surface area (Å²) in [7, 11) is 13.4. The number of hydrogen-bond donors (Lipinski definition) is 1. The summed E-state index contributed by atoms with van der Waals surface area (Å²) >= 11 is 5.82. The third-order valence-electron chi connectivity index (χ3n) is 9.79. The van der Waals surface area contributed by atoms with E-state index in [1.54, 1.807) is 73.1 Å². The summed E-state index contributed by atoms with van der Waals surface area (Å²) < 4.78 is 30.4. The molecule has 40 heavy (non-hydrogen) atoms. The summed E-state index contributed by atoms with van der Waals surface area (Å²) in [5, 5.41) is -0.358. The van der Waals surface area contributed by atoms with Crippen LogP contribution in [0.1, 0.15) is 27.0 Å². The minimum Gasteiger partial charge on any atom is -0.393 e. The number of imide groups is 1. The van der Waals surface area contributed by atoms with Crippen molar-refractivity contribution in [3.63, 3.8) is 0 Å². The van der Waals surface area contributed by atoms with Gasteiger partial charge in [0.1, 0.15) is 54.9 Å². The fraction of sp³-hybridized carbons (Fsp3) is 0.273. The van der Waals surface area contributed by atoms with E-state index in [2.05, 4.69) is 5.32 Å². The summed E-state index contributed by atoms with van der Waals surface area (Å²) in [6, 6.07) is 9.79. The largest absolute Gasteiger partial charge is 0.393 e. The molecule has 0 spiro atoms. The maximum Gasteiger partial charge on any atom is 0.348 e. The van der Waals surface area contributed by atoms with Crippen LogP contribution >= 0.6 is 11.6 Å². The van der Waals surface area contributed by atoms with Gasteiger partial charge in [0.25, 0.3) is 11.8 Å². The molecular formula is C22H26B8ClF2N3O4. The molecule has 0 bridgehead atoms. The van der Waals surface area contributed by atoms with E-state index in [-0.39, 0.29) is 17.5 Å². The molecule has 1 saturated heterocycles. The second-order valence-corrected chi connectivity index (χ2v) is 12.8. The zero-order chi connectivity index (χ0) is 30.2. The molecule has 1 fully saturated rings. The van der Waals surface area contributed by atoms with Gasteiger partial charge in [0, 0.05) is 22.7 Å². The first kappa shape index (κ1) is 30.2. The quantitative estimate of drug-likeness (QED) is 0.295. The van der Waals surface area contributed by atoms with Crippen molar-refractivity contribution >= 4 is 98.1 Å². The first-order chi connectivity index (χ1) is 18.2. The summed E-state index contributed by atoms with van der Waals surface area (Å²) in [6.45, 7) is 0.0777. The van der Waals surface area contributed by atoms with Gasteiger partial charge in [0.2, 0.25) is 19.8 Å². The normalized spacial score (nSPS) is 22.0. The molecule has 4 amide bonds. The predicted molar refractivity (Wildman–Crippen MR) is 170 cm³/mol. The van der Waals surface area contributed by atoms with Crippen LogP contribution in [0.3, 0.4) is 0 Å². The van der Waals surface area contributed by atoms with Crippen LogP contribution < -0.4 is 5.32 Å². The van der Waals surface area contributed by atoms with Gasteiger partial charge in [0.05, 0.1) is 5.44 Å². The third-order valence-corrected chi connectivity index (χ3v) is 10.0. The van der Waals surface area contributed by atoms with Gasteiger partial charge in [-0.3, -0.25) is 24.5 Å². The lowest BCUT2D eigenvalue weighted by Crippen LogP contribution is -2.75. The molecule has 0 unspecified atom stereocenters. The van der Waals surface area contributed by atoms with Crippen molar-refractivity contribution in [1.29, 1.82) is 0 Å². The molecule has 18 heteroatoms. The molecule has 1 N–H and O–H groups in total. The fourth-order valence-corrected chi connectivity index (χ4v) is 5.65. The van der Waals surface area contributed by atoms with E-state index in [1.807, 2.05) is 0 Å². The van der Waals surface area contributed by atoms with Crippen LogP contribution in [0.25, 0.3) is 0 Å². The number of halogens is 3. The molecular weight excluding hydrogens is 530 g/mol. The highest BCUT2D eigenvalue weighted by atomic mass is 35.5. The van der Waals surface area contributed by atoms with E-state index < -0.39 is 50.4 Å². The first-order valence-corrected chi connectivity index (χ1v) is 13.3. The van der Waals surface area contributed by atoms with Gasteiger partial charge in [-0.15, -0.1) is 0 Å². The number of hydrogen-bond acceptors (Lipinski definition) is 4. The van der Waals surface area contributed by atoms with Crippen LogP contribution in [0.15, 0.2) is 42.5 Å². The number of carbonyl (C=O) groups is 4. The second kappa shape index (κ2) is 9.36. The molecule has 0 aromatic heterocycles. The maximum absolute atomic E-state index is 15.2. The highest BCUT2D eigenvalue weighted by molar-refractivity contribution is 6.66. The molecule has 4 rings (SSSR count). The Bertz CT molecular complexity index is 1460. The molecule has 7 nitrogen and oxygen atoms in total. The number of amides is 4. The van der Waals surface area contributed by atoms with Crippen molar-refractivity contribution < 1.29 is 28.0 Å². The van der Waals surface area contributed by atoms with Gasteiger partial charge in [-0.1, -0.05) is 41.1 Å². The van der Waals surface area contributed by atoms with Gasteiger partial charge in [-0.25, -0.2) is 0 Å². The Hall–Kier alpha value is -2.81. The monoisotopic (exact) mass is 557 g/mol. The number of nitrogens with zero attached hydrogens (tertiary/aromatic N) is 2.